The van der Waals surface area contributed by atoms with Gasteiger partial charge in [0.05, 0.1) is 36.6 Å². The van der Waals surface area contributed by atoms with Gasteiger partial charge in [0.25, 0.3) is 0 Å². The maximum atomic E-state index is 7.62. The third-order valence-corrected chi connectivity index (χ3v) is 25.9. The number of halogens is 2. The van der Waals surface area contributed by atoms with E-state index in [1.165, 1.54) is 25.7 Å². The van der Waals surface area contributed by atoms with Crippen molar-refractivity contribution in [2.75, 3.05) is 0 Å². The van der Waals surface area contributed by atoms with Gasteiger partial charge >= 0.3 is 17.2 Å². The summed E-state index contributed by atoms with van der Waals surface area (Å²) in [5.41, 5.74) is 0.425. The maximum Gasteiger partial charge on any atom is 0.333 e. The second-order valence-corrected chi connectivity index (χ2v) is 34.5. The molecule has 8 rings (SSSR count). The van der Waals surface area contributed by atoms with Gasteiger partial charge in [0.2, 0.25) is 0 Å². The highest BCUT2D eigenvalue weighted by molar-refractivity contribution is 7.42. The maximum absolute atomic E-state index is 7.62. The zero-order valence-corrected chi connectivity index (χ0v) is 52.2. The van der Waals surface area contributed by atoms with E-state index in [-0.39, 0.29) is 80.9 Å². The van der Waals surface area contributed by atoms with Crippen LogP contribution in [0.5, 0.6) is 0 Å². The van der Waals surface area contributed by atoms with Crippen LogP contribution in [-0.2, 0) is 27.1 Å². The highest BCUT2D eigenvalue weighted by Gasteiger charge is 2.62. The Labute approximate surface area is 449 Å². The van der Waals surface area contributed by atoms with Crippen molar-refractivity contribution in [2.24, 2.45) is 128 Å². The Morgan fingerprint density at radius 2 is 0.620 bits per heavy atom. The van der Waals surface area contributed by atoms with Crippen LogP contribution in [0.2, 0.25) is 0 Å². The summed E-state index contributed by atoms with van der Waals surface area (Å²) in [6, 6.07) is 0. The van der Waals surface area contributed by atoms with Crippen LogP contribution in [0.15, 0.2) is 0 Å². The lowest BCUT2D eigenvalue weighted by molar-refractivity contribution is -0.123. The van der Waals surface area contributed by atoms with Gasteiger partial charge in [0.15, 0.2) is 0 Å². The molecule has 0 N–H and O–H groups in total. The number of rotatable bonds is 6. The summed E-state index contributed by atoms with van der Waals surface area (Å²) in [5, 5.41) is 0.233. The van der Waals surface area contributed by atoms with Gasteiger partial charge in [-0.15, -0.1) is 23.2 Å². The first-order chi connectivity index (χ1) is 32.8. The molecule has 412 valence electrons. The Bertz CT molecular complexity index is 1540. The van der Waals surface area contributed by atoms with Gasteiger partial charge < -0.3 is 27.1 Å². The second-order valence-electron chi connectivity index (χ2n) is 31.1. The van der Waals surface area contributed by atoms with Gasteiger partial charge in [0.1, 0.15) is 0 Å². The van der Waals surface area contributed by atoms with Crippen molar-refractivity contribution in [3.8, 4) is 0 Å². The zero-order chi connectivity index (χ0) is 52.2. The van der Waals surface area contributed by atoms with Crippen molar-refractivity contribution in [1.82, 2.24) is 0 Å². The molecular formula is C61H108Cl2O6P2. The number of hydrogen-bond acceptors (Lipinski definition) is 6. The van der Waals surface area contributed by atoms with Crippen molar-refractivity contribution >= 4 is 40.4 Å². The lowest BCUT2D eigenvalue weighted by Gasteiger charge is -2.56. The summed E-state index contributed by atoms with van der Waals surface area (Å²) in [6.45, 7) is 49.6. The molecular weight excluding hydrogens is 962 g/mol. The van der Waals surface area contributed by atoms with Crippen molar-refractivity contribution in [1.29, 1.82) is 0 Å². The minimum absolute atomic E-state index is 0.00218. The predicted octanol–water partition coefficient (Wildman–Crippen LogP) is 18.8. The Hall–Kier alpha value is 1.20. The number of alkyl halides is 2. The molecule has 71 heavy (non-hydrogen) atoms. The summed E-state index contributed by atoms with van der Waals surface area (Å²) in [6.07, 6.45) is 11.7. The van der Waals surface area contributed by atoms with Crippen LogP contribution in [0, 0.1) is 128 Å². The van der Waals surface area contributed by atoms with E-state index in [1.807, 2.05) is 0 Å². The molecule has 8 fully saturated rings. The average molecular weight is 1070 g/mol. The van der Waals surface area contributed by atoms with E-state index >= 15 is 0 Å². The van der Waals surface area contributed by atoms with E-state index in [0.717, 1.165) is 44.9 Å². The van der Waals surface area contributed by atoms with Crippen molar-refractivity contribution in [3.63, 3.8) is 0 Å². The van der Waals surface area contributed by atoms with Crippen LogP contribution in [-0.4, -0.2) is 47.4 Å². The lowest BCUT2D eigenvalue weighted by Crippen LogP contribution is -2.56. The molecule has 6 aliphatic carbocycles. The summed E-state index contributed by atoms with van der Waals surface area (Å²) < 4.78 is 45.6. The zero-order valence-electron chi connectivity index (χ0n) is 48.9. The van der Waals surface area contributed by atoms with Gasteiger partial charge in [-0.3, -0.25) is 0 Å². The molecule has 6 saturated carbocycles. The van der Waals surface area contributed by atoms with Crippen LogP contribution in [0.3, 0.4) is 0 Å². The smallest absolute Gasteiger partial charge is 0.309 e. The third-order valence-electron chi connectivity index (χ3n) is 22.5. The predicted molar refractivity (Wildman–Crippen MR) is 299 cm³/mol. The largest absolute Gasteiger partial charge is 0.333 e. The van der Waals surface area contributed by atoms with Gasteiger partial charge in [-0.25, -0.2) is 0 Å². The van der Waals surface area contributed by atoms with Crippen LogP contribution >= 0.6 is 40.4 Å². The van der Waals surface area contributed by atoms with Gasteiger partial charge in [-0.05, 0) is 199 Å². The molecule has 8 aliphatic rings. The number of fused-ring (bicyclic) bond motifs is 6. The summed E-state index contributed by atoms with van der Waals surface area (Å²) in [7, 11) is -3.24. The molecule has 0 amide bonds. The van der Waals surface area contributed by atoms with Gasteiger partial charge in [-0.1, -0.05) is 138 Å². The Kier molecular flexibility index (Phi) is 18.1. The minimum Gasteiger partial charge on any atom is -0.309 e. The quantitative estimate of drug-likeness (QED) is 0.195. The summed E-state index contributed by atoms with van der Waals surface area (Å²) in [5.74, 6) is 8.69. The molecule has 0 spiro atoms. The van der Waals surface area contributed by atoms with Gasteiger partial charge in [-0.2, -0.15) is 0 Å². The van der Waals surface area contributed by atoms with E-state index in [9.17, 15) is 0 Å². The third kappa shape index (κ3) is 12.2. The van der Waals surface area contributed by atoms with Crippen LogP contribution in [0.25, 0.3) is 0 Å². The molecule has 2 aliphatic heterocycles. The molecule has 22 unspecified atom stereocenters. The minimum atomic E-state index is -1.62. The fraction of sp³-hybridized carbons (Fsp3) is 1.00. The standard InChI is InChI=1S/C61H108Cl2O6P2/c1-32-25-44(58(9,10)11)54-50(36(32)5)51-37(6)33(2)26-45(59(12,13)14)55(51)67-70(66-54)64-48-23-21-42(62)30-40(48)29-41-31-43(63)22-24-49(41)65-71-68-56-46(60(15,16)17)27-34(3)38(7)52(56)53-39(8)35(4)28-47(57(53)69-71)61(18,19)20/h32-57H,21-31H2,1-20H3/t32-,33?,34-,35?,36-,37?,38-,39?,40?,41?,42?,43?,44?,45-,46?,47-,48?,49?,50?,51?,52?,53?,54?,55?,56?,57?,70?,71?/m1/s1. The molecule has 2 saturated heterocycles. The first kappa shape index (κ1) is 58.4. The normalized spacial score (nSPS) is 51.5. The SMILES string of the molecule is CC1C[C@@H](C(C)(C)C)C2OP(OC3CCC(Cl)CC3CC3CC(Cl)CCC3OP3OC4C(C5C(C)C(C)C[C@@H](C(C)(C)C)C5O3)[C@H](C)[C@H](C)CC4C(C)(C)C)OC3C(C2C1C)[C@H](C)[C@H](C)CC3C(C)(C)C. The molecule has 2 heterocycles. The first-order valence-corrected chi connectivity index (χ1v) is 32.8. The molecule has 0 bridgehead atoms. The number of hydrogen-bond donors (Lipinski definition) is 0. The molecule has 0 aromatic heterocycles. The monoisotopic (exact) mass is 1070 g/mol. The molecule has 0 radical (unpaired) electrons. The Morgan fingerprint density at radius 3 is 0.845 bits per heavy atom. The van der Waals surface area contributed by atoms with Crippen molar-refractivity contribution < 1.29 is 27.1 Å². The van der Waals surface area contributed by atoms with Crippen molar-refractivity contribution in [3.05, 3.63) is 0 Å². The van der Waals surface area contributed by atoms with E-state index in [0.29, 0.717) is 94.7 Å². The lowest BCUT2D eigenvalue weighted by atomic mass is 9.51. The molecule has 28 atom stereocenters. The van der Waals surface area contributed by atoms with Gasteiger partial charge in [0, 0.05) is 10.8 Å². The highest BCUT2D eigenvalue weighted by Crippen LogP contribution is 2.67. The van der Waals surface area contributed by atoms with E-state index in [2.05, 4.69) is 138 Å². The van der Waals surface area contributed by atoms with E-state index in [4.69, 9.17) is 50.3 Å². The Balaban J connectivity index is 1.09. The van der Waals surface area contributed by atoms with Crippen LogP contribution < -0.4 is 0 Å². The summed E-state index contributed by atoms with van der Waals surface area (Å²) in [4.78, 5) is 0. The molecule has 0 aromatic rings. The van der Waals surface area contributed by atoms with E-state index in [1.54, 1.807) is 0 Å². The molecule has 10 heteroatoms. The molecule has 6 nitrogen and oxygen atoms in total. The topological polar surface area (TPSA) is 55.4 Å². The highest BCUT2D eigenvalue weighted by atomic mass is 35.5. The fourth-order valence-electron chi connectivity index (χ4n) is 17.3. The first-order valence-electron chi connectivity index (χ1n) is 29.7. The van der Waals surface area contributed by atoms with E-state index < -0.39 is 17.2 Å². The van der Waals surface area contributed by atoms with Crippen LogP contribution in [0.1, 0.15) is 209 Å². The fourth-order valence-corrected chi connectivity index (χ4v) is 21.3. The second kappa shape index (κ2) is 22.0. The van der Waals surface area contributed by atoms with Crippen molar-refractivity contribution in [2.45, 2.75) is 256 Å². The molecule has 0 aromatic carbocycles. The summed E-state index contributed by atoms with van der Waals surface area (Å²) >= 11 is 14.5. The Morgan fingerprint density at radius 1 is 0.380 bits per heavy atom. The van der Waals surface area contributed by atoms with Crippen LogP contribution in [0.4, 0.5) is 0 Å². The average Bonchev–Trinajstić information content (AvgIpc) is 3.52.